The fraction of sp³-hybridized carbons (Fsp3) is 0.250. The molecule has 2 aromatic rings. The summed E-state index contributed by atoms with van der Waals surface area (Å²) in [6.07, 6.45) is -4.52. The van der Waals surface area contributed by atoms with Gasteiger partial charge in [0.2, 0.25) is 0 Å². The Kier molecular flexibility index (Phi) is 3.98. The molecule has 0 bridgehead atoms. The van der Waals surface area contributed by atoms with Crippen LogP contribution in [0.3, 0.4) is 0 Å². The van der Waals surface area contributed by atoms with E-state index >= 15 is 0 Å². The van der Waals surface area contributed by atoms with Gasteiger partial charge in [-0.3, -0.25) is 0 Å². The summed E-state index contributed by atoms with van der Waals surface area (Å²) in [5.74, 6) is 0. The van der Waals surface area contributed by atoms with Crippen LogP contribution in [0.2, 0.25) is 0 Å². The van der Waals surface area contributed by atoms with Gasteiger partial charge in [0.1, 0.15) is 6.10 Å². The number of aliphatic hydroxyl groups is 1. The number of benzene rings is 1. The number of halogens is 4. The van der Waals surface area contributed by atoms with Crippen LogP contribution >= 0.6 is 27.3 Å². The van der Waals surface area contributed by atoms with Gasteiger partial charge in [-0.15, -0.1) is 11.3 Å². The number of thiazole rings is 1. The topological polar surface area (TPSA) is 33.1 Å². The van der Waals surface area contributed by atoms with Crippen LogP contribution in [-0.2, 0) is 6.18 Å². The molecule has 2 rings (SSSR count). The lowest BCUT2D eigenvalue weighted by molar-refractivity contribution is -0.137. The highest BCUT2D eigenvalue weighted by Crippen LogP contribution is 2.36. The van der Waals surface area contributed by atoms with Gasteiger partial charge < -0.3 is 5.11 Å². The molecule has 19 heavy (non-hydrogen) atoms. The molecule has 7 heteroatoms. The maximum atomic E-state index is 12.4. The number of nitrogens with zero attached hydrogens (tertiary/aromatic N) is 1. The Morgan fingerprint density at radius 1 is 1.37 bits per heavy atom. The Balaban J connectivity index is 2.31. The molecule has 0 amide bonds. The number of alkyl halides is 3. The van der Waals surface area contributed by atoms with E-state index in [-0.39, 0.29) is 4.88 Å². The molecule has 1 atom stereocenters. The molecule has 0 aliphatic heterocycles. The third-order valence-electron chi connectivity index (χ3n) is 2.55. The zero-order valence-electron chi connectivity index (χ0n) is 9.70. The number of rotatable bonds is 2. The molecule has 0 spiro atoms. The van der Waals surface area contributed by atoms with E-state index in [1.165, 1.54) is 0 Å². The van der Waals surface area contributed by atoms with E-state index in [4.69, 9.17) is 0 Å². The average molecular weight is 352 g/mol. The van der Waals surface area contributed by atoms with Crippen LogP contribution in [-0.4, -0.2) is 10.1 Å². The number of aryl methyl sites for hydroxylation is 1. The lowest BCUT2D eigenvalue weighted by Gasteiger charge is -2.10. The third kappa shape index (κ3) is 3.16. The van der Waals surface area contributed by atoms with E-state index in [2.05, 4.69) is 20.9 Å². The quantitative estimate of drug-likeness (QED) is 0.874. The molecule has 102 valence electrons. The third-order valence-corrected chi connectivity index (χ3v) is 4.50. The van der Waals surface area contributed by atoms with Gasteiger partial charge in [-0.25, -0.2) is 4.98 Å². The molecule has 0 saturated carbocycles. The van der Waals surface area contributed by atoms with E-state index < -0.39 is 17.3 Å². The van der Waals surface area contributed by atoms with Crippen molar-refractivity contribution in [2.24, 2.45) is 0 Å². The van der Waals surface area contributed by atoms with Gasteiger partial charge in [0.25, 0.3) is 0 Å². The van der Waals surface area contributed by atoms with Crippen LogP contribution in [0.4, 0.5) is 13.2 Å². The fourth-order valence-corrected chi connectivity index (χ4v) is 2.68. The summed E-state index contributed by atoms with van der Waals surface area (Å²) in [6, 6.07) is 5.15. The minimum atomic E-state index is -4.48. The summed E-state index contributed by atoms with van der Waals surface area (Å²) in [5, 5.41) is 9.12. The van der Waals surface area contributed by atoms with Crippen molar-refractivity contribution in [3.8, 4) is 0 Å². The van der Waals surface area contributed by atoms with Gasteiger partial charge in [0.05, 0.1) is 4.88 Å². The second-order valence-electron chi connectivity index (χ2n) is 3.98. The molecule has 2 nitrogen and oxygen atoms in total. The number of aromatic nitrogens is 1. The molecule has 0 radical (unpaired) electrons. The smallest absolute Gasteiger partial charge is 0.383 e. The van der Waals surface area contributed by atoms with Gasteiger partial charge in [-0.05, 0) is 24.1 Å². The summed E-state index contributed by atoms with van der Waals surface area (Å²) in [6.45, 7) is 1.88. The van der Waals surface area contributed by atoms with Crippen molar-refractivity contribution in [3.63, 3.8) is 0 Å². The second kappa shape index (κ2) is 5.22. The van der Waals surface area contributed by atoms with Crippen molar-refractivity contribution in [1.82, 2.24) is 4.98 Å². The Bertz CT molecular complexity index is 597. The van der Waals surface area contributed by atoms with E-state index in [0.717, 1.165) is 16.2 Å². The van der Waals surface area contributed by atoms with Crippen LogP contribution in [0, 0.1) is 6.92 Å². The zero-order chi connectivity index (χ0) is 14.2. The Hall–Kier alpha value is -0.920. The summed E-state index contributed by atoms with van der Waals surface area (Å²) in [4.78, 5) is 3.47. The summed E-state index contributed by atoms with van der Waals surface area (Å²) < 4.78 is 38.1. The van der Waals surface area contributed by atoms with Crippen LogP contribution in [0.15, 0.2) is 28.9 Å². The molecular formula is C12H9BrF3NOS. The first-order chi connectivity index (χ1) is 8.79. The Morgan fingerprint density at radius 2 is 2.05 bits per heavy atom. The van der Waals surface area contributed by atoms with Crippen molar-refractivity contribution in [3.05, 3.63) is 49.9 Å². The number of hydrogen-bond donors (Lipinski definition) is 1. The lowest BCUT2D eigenvalue weighted by atomic mass is 10.1. The van der Waals surface area contributed by atoms with Crippen molar-refractivity contribution >= 4 is 27.3 Å². The van der Waals surface area contributed by atoms with Crippen molar-refractivity contribution < 1.29 is 18.3 Å². The van der Waals surface area contributed by atoms with Crippen molar-refractivity contribution in [1.29, 1.82) is 0 Å². The molecule has 0 aliphatic carbocycles. The highest BCUT2D eigenvalue weighted by atomic mass is 79.9. The van der Waals surface area contributed by atoms with Crippen LogP contribution in [0.5, 0.6) is 0 Å². The average Bonchev–Trinajstić information content (AvgIpc) is 2.81. The molecule has 1 N–H and O–H groups in total. The van der Waals surface area contributed by atoms with Crippen LogP contribution in [0.1, 0.15) is 27.1 Å². The fourth-order valence-electron chi connectivity index (χ4n) is 1.49. The summed E-state index contributed by atoms with van der Waals surface area (Å²) in [7, 11) is 0. The highest BCUT2D eigenvalue weighted by molar-refractivity contribution is 9.10. The molecule has 0 fully saturated rings. The molecule has 1 unspecified atom stereocenters. The molecular weight excluding hydrogens is 343 g/mol. The molecule has 1 heterocycles. The molecule has 0 aliphatic rings. The SMILES string of the molecule is Cc1ccc(C(O)c2cnc(C(F)(F)F)s2)cc1Br. The largest absolute Gasteiger partial charge is 0.443 e. The van der Waals surface area contributed by atoms with E-state index in [0.29, 0.717) is 16.9 Å². The maximum absolute atomic E-state index is 12.4. The summed E-state index contributed by atoms with van der Waals surface area (Å²) in [5.41, 5.74) is 1.51. The number of hydrogen-bond acceptors (Lipinski definition) is 3. The predicted molar refractivity (Wildman–Crippen MR) is 70.1 cm³/mol. The van der Waals surface area contributed by atoms with E-state index in [1.54, 1.807) is 18.2 Å². The first kappa shape index (κ1) is 14.5. The Morgan fingerprint density at radius 3 is 2.58 bits per heavy atom. The standard InChI is InChI=1S/C12H9BrF3NOS/c1-6-2-3-7(4-8(6)13)10(18)9-5-17-11(19-9)12(14,15)16/h2-5,10,18H,1H3. The minimum absolute atomic E-state index is 0.170. The highest BCUT2D eigenvalue weighted by Gasteiger charge is 2.35. The van der Waals surface area contributed by atoms with Gasteiger partial charge >= 0.3 is 6.18 Å². The first-order valence-electron chi connectivity index (χ1n) is 5.26. The molecule has 1 aromatic carbocycles. The van der Waals surface area contributed by atoms with Crippen LogP contribution < -0.4 is 0 Å². The minimum Gasteiger partial charge on any atom is -0.383 e. The molecule has 0 saturated heterocycles. The van der Waals surface area contributed by atoms with Gasteiger partial charge in [0, 0.05) is 10.7 Å². The lowest BCUT2D eigenvalue weighted by Crippen LogP contribution is -2.03. The predicted octanol–water partition coefficient (Wildman–Crippen LogP) is 4.31. The van der Waals surface area contributed by atoms with Crippen molar-refractivity contribution in [2.75, 3.05) is 0 Å². The number of aliphatic hydroxyl groups excluding tert-OH is 1. The summed E-state index contributed by atoms with van der Waals surface area (Å²) >= 11 is 3.77. The van der Waals surface area contributed by atoms with Gasteiger partial charge in [0.15, 0.2) is 5.01 Å². The van der Waals surface area contributed by atoms with Crippen molar-refractivity contribution in [2.45, 2.75) is 19.2 Å². The van der Waals surface area contributed by atoms with Gasteiger partial charge in [-0.2, -0.15) is 13.2 Å². The van der Waals surface area contributed by atoms with E-state index in [9.17, 15) is 18.3 Å². The second-order valence-corrected chi connectivity index (χ2v) is 5.89. The molecule has 1 aromatic heterocycles. The Labute approximate surface area is 120 Å². The van der Waals surface area contributed by atoms with E-state index in [1.807, 2.05) is 6.92 Å². The monoisotopic (exact) mass is 351 g/mol. The first-order valence-corrected chi connectivity index (χ1v) is 6.87. The normalized spacial score (nSPS) is 13.6. The van der Waals surface area contributed by atoms with Gasteiger partial charge in [-0.1, -0.05) is 28.1 Å². The zero-order valence-corrected chi connectivity index (χ0v) is 12.1. The van der Waals surface area contributed by atoms with Crippen LogP contribution in [0.25, 0.3) is 0 Å². The maximum Gasteiger partial charge on any atom is 0.443 e.